The number of rotatable bonds is 6. The van der Waals surface area contributed by atoms with Crippen molar-refractivity contribution in [3.05, 3.63) is 27.9 Å². The number of carbonyl (C=O) groups excluding carboxylic acids is 1. The van der Waals surface area contributed by atoms with E-state index in [9.17, 15) is 13.2 Å². The number of hydrogen-bond donors (Lipinski definition) is 1. The molecule has 2 aromatic heterocycles. The van der Waals surface area contributed by atoms with E-state index in [0.717, 1.165) is 16.3 Å². The molecule has 0 aliphatic carbocycles. The summed E-state index contributed by atoms with van der Waals surface area (Å²) in [7, 11) is -3.38. The third-order valence-electron chi connectivity index (χ3n) is 3.99. The molecule has 1 amide bonds. The van der Waals surface area contributed by atoms with Crippen molar-refractivity contribution >= 4 is 38.6 Å². The van der Waals surface area contributed by atoms with E-state index in [0.29, 0.717) is 13.0 Å². The van der Waals surface area contributed by atoms with E-state index in [1.807, 2.05) is 22.2 Å². The molecule has 1 N–H and O–H groups in total. The molecular formula is C16H21N3O3S3. The molecule has 0 saturated carbocycles. The van der Waals surface area contributed by atoms with Gasteiger partial charge in [0.2, 0.25) is 15.9 Å². The van der Waals surface area contributed by atoms with Gasteiger partial charge in [-0.3, -0.25) is 4.79 Å². The quantitative estimate of drug-likeness (QED) is 0.809. The second-order valence-electron chi connectivity index (χ2n) is 6.40. The van der Waals surface area contributed by atoms with Gasteiger partial charge in [-0.05, 0) is 31.7 Å². The van der Waals surface area contributed by atoms with E-state index in [-0.39, 0.29) is 24.9 Å². The van der Waals surface area contributed by atoms with Gasteiger partial charge in [-0.25, -0.2) is 18.1 Å². The first-order valence-electron chi connectivity index (χ1n) is 8.11. The number of nitrogens with one attached hydrogen (secondary N) is 1. The van der Waals surface area contributed by atoms with Gasteiger partial charge in [-0.2, -0.15) is 11.3 Å². The van der Waals surface area contributed by atoms with Crippen LogP contribution in [0.4, 0.5) is 0 Å². The van der Waals surface area contributed by atoms with Crippen molar-refractivity contribution in [2.75, 3.05) is 13.1 Å². The summed E-state index contributed by atoms with van der Waals surface area (Å²) in [6.07, 6.45) is 0.691. The fraction of sp³-hybridized carbons (Fsp3) is 0.500. The molecule has 0 spiro atoms. The molecule has 9 heteroatoms. The van der Waals surface area contributed by atoms with Gasteiger partial charge in [-0.1, -0.05) is 0 Å². The van der Waals surface area contributed by atoms with Crippen molar-refractivity contribution in [3.63, 3.8) is 0 Å². The number of nitrogens with zero attached hydrogens (tertiary/aromatic N) is 2. The van der Waals surface area contributed by atoms with E-state index < -0.39 is 15.3 Å². The summed E-state index contributed by atoms with van der Waals surface area (Å²) in [6.45, 7) is 4.32. The van der Waals surface area contributed by atoms with Crippen molar-refractivity contribution in [3.8, 4) is 10.6 Å². The zero-order valence-electron chi connectivity index (χ0n) is 14.1. The van der Waals surface area contributed by atoms with Crippen LogP contribution in [0.5, 0.6) is 0 Å². The molecule has 6 nitrogen and oxygen atoms in total. The lowest BCUT2D eigenvalue weighted by Gasteiger charge is -2.17. The average molecular weight is 400 g/mol. The minimum atomic E-state index is -3.38. The lowest BCUT2D eigenvalue weighted by atomic mass is 10.3. The molecule has 0 bridgehead atoms. The lowest BCUT2D eigenvalue weighted by Crippen LogP contribution is -2.40. The molecule has 1 saturated heterocycles. The zero-order valence-corrected chi connectivity index (χ0v) is 16.6. The third kappa shape index (κ3) is 4.46. The minimum Gasteiger partial charge on any atom is -0.341 e. The van der Waals surface area contributed by atoms with Crippen molar-refractivity contribution in [1.29, 1.82) is 0 Å². The van der Waals surface area contributed by atoms with Gasteiger partial charge in [0.25, 0.3) is 0 Å². The standard InChI is InChI=1S/C16H21N3O3S3/c1-11(2)18-25(21,22)14-3-5-19(8-14)15(20)7-13-10-24-16(17-13)12-4-6-23-9-12/h4,6,9-11,14,18H,3,5,7-8H2,1-2H3/t14-/m0/s1. The molecule has 0 unspecified atom stereocenters. The van der Waals surface area contributed by atoms with E-state index >= 15 is 0 Å². The average Bonchev–Trinajstić information content (AvgIpc) is 3.27. The highest BCUT2D eigenvalue weighted by Gasteiger charge is 2.35. The van der Waals surface area contributed by atoms with Crippen LogP contribution in [0.3, 0.4) is 0 Å². The summed E-state index contributed by atoms with van der Waals surface area (Å²) in [6, 6.07) is 1.87. The molecule has 3 rings (SSSR count). The van der Waals surface area contributed by atoms with Gasteiger partial charge in [0.15, 0.2) is 0 Å². The molecule has 25 heavy (non-hydrogen) atoms. The molecule has 136 valence electrons. The molecule has 0 radical (unpaired) electrons. The van der Waals surface area contributed by atoms with E-state index in [4.69, 9.17) is 0 Å². The van der Waals surface area contributed by atoms with Crippen LogP contribution in [0.1, 0.15) is 26.0 Å². The second-order valence-corrected chi connectivity index (χ2v) is 10.0. The Morgan fingerprint density at radius 3 is 2.92 bits per heavy atom. The first-order valence-corrected chi connectivity index (χ1v) is 11.5. The fourth-order valence-electron chi connectivity index (χ4n) is 2.81. The van der Waals surface area contributed by atoms with E-state index in [2.05, 4.69) is 9.71 Å². The van der Waals surface area contributed by atoms with Crippen LogP contribution < -0.4 is 4.72 Å². The summed E-state index contributed by atoms with van der Waals surface area (Å²) in [4.78, 5) is 18.6. The monoisotopic (exact) mass is 399 g/mol. The summed E-state index contributed by atoms with van der Waals surface area (Å²) < 4.78 is 27.1. The molecule has 2 aromatic rings. The summed E-state index contributed by atoms with van der Waals surface area (Å²) >= 11 is 3.14. The first-order chi connectivity index (χ1) is 11.8. The van der Waals surface area contributed by atoms with Gasteiger partial charge in [0.1, 0.15) is 5.01 Å². The number of carbonyl (C=O) groups is 1. The van der Waals surface area contributed by atoms with Gasteiger partial charge >= 0.3 is 0 Å². The highest BCUT2D eigenvalue weighted by Crippen LogP contribution is 2.26. The summed E-state index contributed by atoms with van der Waals surface area (Å²) in [5, 5.41) is 6.30. The Hall–Kier alpha value is -1.29. The molecule has 1 atom stereocenters. The zero-order chi connectivity index (χ0) is 18.0. The Morgan fingerprint density at radius 1 is 1.44 bits per heavy atom. The molecule has 1 aliphatic rings. The van der Waals surface area contributed by atoms with Gasteiger partial charge in [0.05, 0.1) is 17.4 Å². The lowest BCUT2D eigenvalue weighted by molar-refractivity contribution is -0.129. The van der Waals surface area contributed by atoms with E-state index in [1.165, 1.54) is 11.3 Å². The minimum absolute atomic E-state index is 0.0654. The smallest absolute Gasteiger partial charge is 0.228 e. The maximum atomic E-state index is 12.5. The van der Waals surface area contributed by atoms with Crippen LogP contribution in [0, 0.1) is 0 Å². The fourth-order valence-corrected chi connectivity index (χ4v) is 5.98. The van der Waals surface area contributed by atoms with Gasteiger partial charge < -0.3 is 4.90 Å². The van der Waals surface area contributed by atoms with Crippen molar-refractivity contribution < 1.29 is 13.2 Å². The van der Waals surface area contributed by atoms with Crippen molar-refractivity contribution in [2.24, 2.45) is 0 Å². The van der Waals surface area contributed by atoms with Crippen LogP contribution >= 0.6 is 22.7 Å². The van der Waals surface area contributed by atoms with E-state index in [1.54, 1.807) is 30.1 Å². The number of likely N-dealkylation sites (tertiary alicyclic amines) is 1. The summed E-state index contributed by atoms with van der Waals surface area (Å²) in [5.41, 5.74) is 1.81. The maximum absolute atomic E-state index is 12.5. The van der Waals surface area contributed by atoms with Crippen molar-refractivity contribution in [2.45, 2.75) is 38.0 Å². The predicted octanol–water partition coefficient (Wildman–Crippen LogP) is 2.34. The number of aromatic nitrogens is 1. The third-order valence-corrected chi connectivity index (χ3v) is 7.67. The number of sulfonamides is 1. The number of amides is 1. The second kappa shape index (κ2) is 7.53. The van der Waals surface area contributed by atoms with Gasteiger partial charge in [0, 0.05) is 35.5 Å². The number of hydrogen-bond acceptors (Lipinski definition) is 6. The SMILES string of the molecule is CC(C)NS(=O)(=O)[C@H]1CCN(C(=O)Cc2csc(-c3ccsc3)n2)C1. The van der Waals surface area contributed by atoms with Crippen LogP contribution in [0.2, 0.25) is 0 Å². The highest BCUT2D eigenvalue weighted by molar-refractivity contribution is 7.90. The first kappa shape index (κ1) is 18.5. The van der Waals surface area contributed by atoms with Crippen LogP contribution in [-0.4, -0.2) is 48.6 Å². The Labute approximate surface area is 155 Å². The Morgan fingerprint density at radius 2 is 2.24 bits per heavy atom. The predicted molar refractivity (Wildman–Crippen MR) is 101 cm³/mol. The molecular weight excluding hydrogens is 378 g/mol. The number of thiophene rings is 1. The Balaban J connectivity index is 1.60. The largest absolute Gasteiger partial charge is 0.341 e. The van der Waals surface area contributed by atoms with Crippen molar-refractivity contribution in [1.82, 2.24) is 14.6 Å². The molecule has 0 aromatic carbocycles. The highest BCUT2D eigenvalue weighted by atomic mass is 32.2. The normalized spacial score (nSPS) is 18.2. The Bertz CT molecular complexity index is 828. The topological polar surface area (TPSA) is 79.4 Å². The van der Waals surface area contributed by atoms with Crippen LogP contribution in [0.25, 0.3) is 10.6 Å². The molecule has 3 heterocycles. The van der Waals surface area contributed by atoms with Gasteiger partial charge in [-0.15, -0.1) is 11.3 Å². The molecule has 1 aliphatic heterocycles. The maximum Gasteiger partial charge on any atom is 0.228 e. The van der Waals surface area contributed by atoms with Crippen LogP contribution in [-0.2, 0) is 21.2 Å². The molecule has 1 fully saturated rings. The number of thiazole rings is 1. The Kier molecular flexibility index (Phi) is 5.57. The summed E-state index contributed by atoms with van der Waals surface area (Å²) in [5.74, 6) is -0.0654. The van der Waals surface area contributed by atoms with Crippen LogP contribution in [0.15, 0.2) is 22.2 Å².